The van der Waals surface area contributed by atoms with Crippen LogP contribution in [0.2, 0.25) is 0 Å². The van der Waals surface area contributed by atoms with Crippen LogP contribution in [0.15, 0.2) is 22.7 Å². The van der Waals surface area contributed by atoms with E-state index in [1.807, 2.05) is 13.1 Å². The Kier molecular flexibility index (Phi) is 4.07. The number of benzene rings is 1. The third-order valence-electron chi connectivity index (χ3n) is 3.69. The molecule has 2 rings (SSSR count). The second-order valence-electron chi connectivity index (χ2n) is 5.05. The summed E-state index contributed by atoms with van der Waals surface area (Å²) in [5.41, 5.74) is 2.61. The van der Waals surface area contributed by atoms with E-state index in [1.165, 1.54) is 11.1 Å². The van der Waals surface area contributed by atoms with Crippen molar-refractivity contribution in [2.45, 2.75) is 25.8 Å². The first kappa shape index (κ1) is 13.6. The molecule has 0 heterocycles. The van der Waals surface area contributed by atoms with Gasteiger partial charge in [-0.3, -0.25) is 4.79 Å². The lowest BCUT2D eigenvalue weighted by molar-refractivity contribution is -0.138. The number of aliphatic carboxylic acids is 1. The van der Waals surface area contributed by atoms with Gasteiger partial charge in [0.1, 0.15) is 0 Å². The van der Waals surface area contributed by atoms with Gasteiger partial charge in [0.25, 0.3) is 0 Å². The van der Waals surface area contributed by atoms with Crippen LogP contribution in [0.25, 0.3) is 0 Å². The van der Waals surface area contributed by atoms with Gasteiger partial charge in [-0.25, -0.2) is 0 Å². The summed E-state index contributed by atoms with van der Waals surface area (Å²) >= 11 is 3.48. The molecule has 1 aliphatic carbocycles. The van der Waals surface area contributed by atoms with Crippen molar-refractivity contribution in [2.75, 3.05) is 13.6 Å². The lowest BCUT2D eigenvalue weighted by Crippen LogP contribution is -2.26. The molecule has 0 saturated heterocycles. The number of carboxylic acid groups (broad SMARTS) is 1. The quantitative estimate of drug-likeness (QED) is 0.909. The minimum Gasteiger partial charge on any atom is -0.481 e. The topological polar surface area (TPSA) is 40.5 Å². The number of hydrogen-bond acceptors (Lipinski definition) is 2. The van der Waals surface area contributed by atoms with Crippen LogP contribution >= 0.6 is 15.9 Å². The van der Waals surface area contributed by atoms with E-state index in [1.54, 1.807) is 0 Å². The van der Waals surface area contributed by atoms with Crippen LogP contribution in [0.4, 0.5) is 0 Å². The van der Waals surface area contributed by atoms with Gasteiger partial charge in [0.05, 0.1) is 5.92 Å². The van der Waals surface area contributed by atoms with Crippen molar-refractivity contribution in [2.24, 2.45) is 5.92 Å². The first-order valence-corrected chi connectivity index (χ1v) is 6.96. The molecule has 0 amide bonds. The average molecular weight is 312 g/mol. The Morgan fingerprint density at radius 1 is 1.56 bits per heavy atom. The second kappa shape index (κ2) is 5.41. The molecule has 1 aromatic carbocycles. The van der Waals surface area contributed by atoms with E-state index < -0.39 is 5.97 Å². The maximum absolute atomic E-state index is 10.8. The van der Waals surface area contributed by atoms with Gasteiger partial charge in [-0.2, -0.15) is 0 Å². The van der Waals surface area contributed by atoms with Crippen molar-refractivity contribution in [1.29, 1.82) is 0 Å². The third kappa shape index (κ3) is 3.12. The number of carboxylic acids is 1. The van der Waals surface area contributed by atoms with Gasteiger partial charge in [0, 0.05) is 17.1 Å². The lowest BCUT2D eigenvalue weighted by Gasteiger charge is -2.17. The number of likely N-dealkylation sites (N-methyl/N-ethyl adjacent to an activating group) is 1. The standard InChI is InChI=1S/C14H18BrNO2/c1-9-3-4-11(15)7-10(9)5-6-16(2)13-8-12(13)14(17)18/h3-4,7,12-13H,5-6,8H2,1-2H3,(H,17,18). The molecule has 0 radical (unpaired) electrons. The van der Waals surface area contributed by atoms with Crippen molar-refractivity contribution < 1.29 is 9.90 Å². The van der Waals surface area contributed by atoms with E-state index >= 15 is 0 Å². The van der Waals surface area contributed by atoms with Crippen LogP contribution in [0.3, 0.4) is 0 Å². The first-order chi connectivity index (χ1) is 8.49. The minimum absolute atomic E-state index is 0.154. The number of rotatable bonds is 5. The molecular formula is C14H18BrNO2. The van der Waals surface area contributed by atoms with Gasteiger partial charge in [-0.15, -0.1) is 0 Å². The summed E-state index contributed by atoms with van der Waals surface area (Å²) in [5, 5.41) is 8.91. The molecule has 0 aromatic heterocycles. The predicted octanol–water partition coefficient (Wildman–Crippen LogP) is 2.70. The molecule has 18 heavy (non-hydrogen) atoms. The fourth-order valence-electron chi connectivity index (χ4n) is 2.31. The van der Waals surface area contributed by atoms with Crippen molar-refractivity contribution >= 4 is 21.9 Å². The van der Waals surface area contributed by atoms with E-state index in [0.717, 1.165) is 23.9 Å². The number of halogens is 1. The SMILES string of the molecule is Cc1ccc(Br)cc1CCN(C)C1CC1C(=O)O. The molecule has 2 atom stereocenters. The molecular weight excluding hydrogens is 294 g/mol. The molecule has 3 nitrogen and oxygen atoms in total. The molecule has 1 fully saturated rings. The molecule has 1 saturated carbocycles. The number of nitrogens with zero attached hydrogens (tertiary/aromatic N) is 1. The van der Waals surface area contributed by atoms with Gasteiger partial charge in [0.15, 0.2) is 0 Å². The first-order valence-electron chi connectivity index (χ1n) is 6.17. The summed E-state index contributed by atoms with van der Waals surface area (Å²) in [7, 11) is 2.01. The number of aryl methyl sites for hydroxylation is 1. The van der Waals surface area contributed by atoms with Crippen molar-refractivity contribution in [3.8, 4) is 0 Å². The lowest BCUT2D eigenvalue weighted by atomic mass is 10.1. The Morgan fingerprint density at radius 3 is 2.89 bits per heavy atom. The average Bonchev–Trinajstić information content (AvgIpc) is 3.10. The molecule has 1 N–H and O–H groups in total. The number of carbonyl (C=O) groups is 1. The predicted molar refractivity (Wildman–Crippen MR) is 74.7 cm³/mol. The van der Waals surface area contributed by atoms with Crippen LogP contribution in [-0.4, -0.2) is 35.6 Å². The van der Waals surface area contributed by atoms with Crippen molar-refractivity contribution in [3.05, 3.63) is 33.8 Å². The van der Waals surface area contributed by atoms with E-state index in [2.05, 4.69) is 39.9 Å². The summed E-state index contributed by atoms with van der Waals surface area (Å²) in [6.45, 7) is 3.02. The molecule has 0 bridgehead atoms. The Labute approximate surface area is 116 Å². The minimum atomic E-state index is -0.662. The highest BCUT2D eigenvalue weighted by molar-refractivity contribution is 9.10. The fourth-order valence-corrected chi connectivity index (χ4v) is 2.71. The Hall–Kier alpha value is -0.870. The monoisotopic (exact) mass is 311 g/mol. The zero-order chi connectivity index (χ0) is 13.3. The van der Waals surface area contributed by atoms with E-state index in [4.69, 9.17) is 5.11 Å². The summed E-state index contributed by atoms with van der Waals surface area (Å²) in [4.78, 5) is 13.0. The van der Waals surface area contributed by atoms with Gasteiger partial charge >= 0.3 is 5.97 Å². The maximum atomic E-state index is 10.8. The summed E-state index contributed by atoms with van der Waals surface area (Å²) < 4.78 is 1.10. The second-order valence-corrected chi connectivity index (χ2v) is 5.96. The van der Waals surface area contributed by atoms with Crippen LogP contribution in [-0.2, 0) is 11.2 Å². The van der Waals surface area contributed by atoms with Crippen LogP contribution < -0.4 is 0 Å². The summed E-state index contributed by atoms with van der Waals surface area (Å²) in [5.74, 6) is -0.816. The smallest absolute Gasteiger partial charge is 0.308 e. The van der Waals surface area contributed by atoms with Crippen molar-refractivity contribution in [3.63, 3.8) is 0 Å². The van der Waals surface area contributed by atoms with E-state index in [0.29, 0.717) is 0 Å². The fraction of sp³-hybridized carbons (Fsp3) is 0.500. The Balaban J connectivity index is 1.88. The van der Waals surface area contributed by atoms with E-state index in [9.17, 15) is 4.79 Å². The van der Waals surface area contributed by atoms with Gasteiger partial charge < -0.3 is 10.0 Å². The maximum Gasteiger partial charge on any atom is 0.308 e. The zero-order valence-corrected chi connectivity index (χ0v) is 12.3. The third-order valence-corrected chi connectivity index (χ3v) is 4.18. The van der Waals surface area contributed by atoms with Gasteiger partial charge in [-0.05, 0) is 50.1 Å². The summed E-state index contributed by atoms with van der Waals surface area (Å²) in [6, 6.07) is 6.53. The normalized spacial score (nSPS) is 22.2. The molecule has 4 heteroatoms. The summed E-state index contributed by atoms with van der Waals surface area (Å²) in [6.07, 6.45) is 1.76. The van der Waals surface area contributed by atoms with Crippen molar-refractivity contribution in [1.82, 2.24) is 4.90 Å². The van der Waals surface area contributed by atoms with Crippen LogP contribution in [0.5, 0.6) is 0 Å². The zero-order valence-electron chi connectivity index (χ0n) is 10.7. The van der Waals surface area contributed by atoms with Crippen LogP contribution in [0, 0.1) is 12.8 Å². The van der Waals surface area contributed by atoms with Crippen LogP contribution in [0.1, 0.15) is 17.5 Å². The molecule has 1 aromatic rings. The molecule has 0 aliphatic heterocycles. The van der Waals surface area contributed by atoms with Gasteiger partial charge in [0.2, 0.25) is 0 Å². The van der Waals surface area contributed by atoms with Gasteiger partial charge in [-0.1, -0.05) is 22.0 Å². The Bertz CT molecular complexity index is 461. The largest absolute Gasteiger partial charge is 0.481 e. The highest BCUT2D eigenvalue weighted by Crippen LogP contribution is 2.35. The molecule has 2 unspecified atom stereocenters. The van der Waals surface area contributed by atoms with E-state index in [-0.39, 0.29) is 12.0 Å². The number of hydrogen-bond donors (Lipinski definition) is 1. The highest BCUT2D eigenvalue weighted by atomic mass is 79.9. The molecule has 1 aliphatic rings. The molecule has 98 valence electrons. The molecule has 0 spiro atoms. The highest BCUT2D eigenvalue weighted by Gasteiger charge is 2.45. The Morgan fingerprint density at radius 2 is 2.28 bits per heavy atom.